The molecule has 0 spiro atoms. The molecule has 0 saturated carbocycles. The highest BCUT2D eigenvalue weighted by atomic mass is 15.1. The van der Waals surface area contributed by atoms with Crippen LogP contribution in [0.1, 0.15) is 0 Å². The van der Waals surface area contributed by atoms with Crippen LogP contribution in [0.25, 0.3) is 143 Å². The molecule has 0 aliphatic heterocycles. The van der Waals surface area contributed by atoms with Gasteiger partial charge in [-0.05, 0) is 33.7 Å². The predicted molar refractivity (Wildman–Crippen MR) is 282 cm³/mol. The Balaban J connectivity index is 1.17. The van der Waals surface area contributed by atoms with Gasteiger partial charge in [0.25, 0.3) is 0 Å². The minimum absolute atomic E-state index is 0.755. The van der Waals surface area contributed by atoms with Gasteiger partial charge in [-0.15, -0.1) is 0 Å². The van der Waals surface area contributed by atoms with E-state index < -0.39 is 0 Å². The third-order valence-corrected chi connectivity index (χ3v) is 14.1. The molecule has 6 nitrogen and oxygen atoms in total. The lowest BCUT2D eigenvalue weighted by molar-refractivity contribution is 1.06. The number of aromatic nitrogens is 6. The Morgan fingerprint density at radius 1 is 0.221 bits per heavy atom. The number of fused-ring (bicyclic) bond motifs is 19. The maximum atomic E-state index is 5.87. The number of para-hydroxylation sites is 2. The second-order valence-electron chi connectivity index (χ2n) is 17.7. The molecule has 0 atom stereocenters. The van der Waals surface area contributed by atoms with E-state index in [0.29, 0.717) is 0 Å². The van der Waals surface area contributed by atoms with E-state index in [9.17, 15) is 0 Å². The lowest BCUT2D eigenvalue weighted by atomic mass is 9.99. The van der Waals surface area contributed by atoms with E-state index in [2.05, 4.69) is 228 Å². The van der Waals surface area contributed by atoms with Crippen LogP contribution in [0.3, 0.4) is 0 Å². The van der Waals surface area contributed by atoms with E-state index >= 15 is 0 Å². The van der Waals surface area contributed by atoms with Crippen molar-refractivity contribution >= 4 is 109 Å². The normalized spacial score (nSPS) is 12.1. The molecule has 15 rings (SSSR count). The van der Waals surface area contributed by atoms with Gasteiger partial charge in [0, 0.05) is 54.2 Å². The van der Waals surface area contributed by atoms with E-state index in [1.54, 1.807) is 0 Å². The lowest BCUT2D eigenvalue weighted by Gasteiger charge is -2.18. The quantitative estimate of drug-likeness (QED) is 0.165. The summed E-state index contributed by atoms with van der Waals surface area (Å²) in [7, 11) is 0. The molecule has 6 heteroatoms. The van der Waals surface area contributed by atoms with Crippen LogP contribution in [-0.2, 0) is 0 Å². The summed E-state index contributed by atoms with van der Waals surface area (Å²) < 4.78 is 4.75. The molecular weight excluding hydrogens is 829 g/mol. The predicted octanol–water partition coefficient (Wildman–Crippen LogP) is 15.7. The van der Waals surface area contributed by atoms with Crippen molar-refractivity contribution in [2.75, 3.05) is 0 Å². The zero-order chi connectivity index (χ0) is 44.5. The summed E-state index contributed by atoms with van der Waals surface area (Å²) in [6, 6.07) is 77.4. The fourth-order valence-electron chi connectivity index (χ4n) is 11.1. The smallest absolute Gasteiger partial charge is 0.165 e. The van der Waals surface area contributed by atoms with Crippen molar-refractivity contribution < 1.29 is 0 Å². The molecule has 0 saturated heterocycles. The highest BCUT2D eigenvalue weighted by Gasteiger charge is 2.27. The number of hydrogen-bond acceptors (Lipinski definition) is 4. The van der Waals surface area contributed by atoms with Crippen LogP contribution in [0.2, 0.25) is 0 Å². The van der Waals surface area contributed by atoms with Crippen molar-refractivity contribution in [1.29, 1.82) is 0 Å². The summed E-state index contributed by atoms with van der Waals surface area (Å²) in [5.41, 5.74) is 11.1. The number of benzene rings is 11. The van der Waals surface area contributed by atoms with E-state index in [1.807, 2.05) is 0 Å². The van der Waals surface area contributed by atoms with Crippen LogP contribution >= 0.6 is 0 Å². The molecular formula is C62H36N6. The molecule has 0 aliphatic carbocycles. The van der Waals surface area contributed by atoms with Crippen LogP contribution < -0.4 is 0 Å². The van der Waals surface area contributed by atoms with Crippen LogP contribution in [0, 0.1) is 0 Å². The minimum atomic E-state index is 0.755. The first-order valence-electron chi connectivity index (χ1n) is 23.1. The summed E-state index contributed by atoms with van der Waals surface area (Å²) in [5.74, 6) is 1.51. The zero-order valence-electron chi connectivity index (χ0n) is 36.5. The summed E-state index contributed by atoms with van der Waals surface area (Å²) in [5, 5.41) is 13.3. The molecule has 0 N–H and O–H groups in total. The summed E-state index contributed by atoms with van der Waals surface area (Å²) in [6.07, 6.45) is 0. The Kier molecular flexibility index (Phi) is 7.69. The van der Waals surface area contributed by atoms with Crippen LogP contribution in [-0.4, -0.2) is 29.1 Å². The standard InChI is InChI=1S/C62H36N6/c1-3-19-37(20-4-1)53-61(65-57-47-31-13-9-25-41(47)39-23-7-11-29-45(39)55(57)63-53)67-51-33-17-15-27-43(51)49-35-36-50-44-28-16-18-34-52(44)68(60(50)59(49)67)62-54(38-21-5-2-6-22-38)64-56-46-30-12-8-24-40(46)42-26-10-14-32-48(42)58(56)66-62/h1-36H. The average Bonchev–Trinajstić information content (AvgIpc) is 3.94. The van der Waals surface area contributed by atoms with Gasteiger partial charge in [-0.25, -0.2) is 19.9 Å². The van der Waals surface area contributed by atoms with E-state index in [4.69, 9.17) is 19.9 Å². The van der Waals surface area contributed by atoms with Gasteiger partial charge in [0.1, 0.15) is 11.4 Å². The maximum absolute atomic E-state index is 5.87. The topological polar surface area (TPSA) is 61.4 Å². The molecule has 4 aromatic heterocycles. The molecule has 15 aromatic rings. The fourth-order valence-corrected chi connectivity index (χ4v) is 11.1. The van der Waals surface area contributed by atoms with Crippen molar-refractivity contribution in [1.82, 2.24) is 29.1 Å². The third kappa shape index (κ3) is 5.11. The van der Waals surface area contributed by atoms with E-state index in [0.717, 1.165) is 143 Å². The minimum Gasteiger partial charge on any atom is -0.290 e. The van der Waals surface area contributed by atoms with Gasteiger partial charge in [0.05, 0.1) is 44.1 Å². The maximum Gasteiger partial charge on any atom is 0.165 e. The van der Waals surface area contributed by atoms with Gasteiger partial charge in [-0.1, -0.05) is 206 Å². The van der Waals surface area contributed by atoms with E-state index in [-0.39, 0.29) is 0 Å². The molecule has 11 aromatic carbocycles. The van der Waals surface area contributed by atoms with Crippen molar-refractivity contribution in [3.8, 4) is 34.2 Å². The number of hydrogen-bond donors (Lipinski definition) is 0. The largest absolute Gasteiger partial charge is 0.290 e. The monoisotopic (exact) mass is 864 g/mol. The molecule has 0 fully saturated rings. The molecule has 0 aliphatic rings. The Morgan fingerprint density at radius 3 is 0.853 bits per heavy atom. The Labute approximate surface area is 388 Å². The highest BCUT2D eigenvalue weighted by molar-refractivity contribution is 6.27. The van der Waals surface area contributed by atoms with Gasteiger partial charge < -0.3 is 0 Å². The zero-order valence-corrected chi connectivity index (χ0v) is 36.5. The summed E-state index contributed by atoms with van der Waals surface area (Å²) >= 11 is 0. The molecule has 68 heavy (non-hydrogen) atoms. The van der Waals surface area contributed by atoms with Gasteiger partial charge in [0.2, 0.25) is 0 Å². The fraction of sp³-hybridized carbons (Fsp3) is 0. The first-order valence-corrected chi connectivity index (χ1v) is 23.1. The van der Waals surface area contributed by atoms with E-state index in [1.165, 1.54) is 0 Å². The third-order valence-electron chi connectivity index (χ3n) is 14.1. The second kappa shape index (κ2) is 14.1. The molecule has 0 bridgehead atoms. The number of rotatable bonds is 4. The first kappa shape index (κ1) is 37.0. The van der Waals surface area contributed by atoms with Crippen LogP contribution in [0.5, 0.6) is 0 Å². The van der Waals surface area contributed by atoms with Gasteiger partial charge in [-0.3, -0.25) is 9.13 Å². The molecule has 0 unspecified atom stereocenters. The van der Waals surface area contributed by atoms with Gasteiger partial charge >= 0.3 is 0 Å². The molecule has 0 amide bonds. The highest BCUT2D eigenvalue weighted by Crippen LogP contribution is 2.45. The van der Waals surface area contributed by atoms with Gasteiger partial charge in [0.15, 0.2) is 11.6 Å². The van der Waals surface area contributed by atoms with Crippen LogP contribution in [0.15, 0.2) is 218 Å². The lowest BCUT2D eigenvalue weighted by Crippen LogP contribution is -2.07. The Morgan fingerprint density at radius 2 is 0.500 bits per heavy atom. The molecule has 4 heterocycles. The Bertz CT molecular complexity index is 4310. The molecule has 314 valence electrons. The number of nitrogens with zero attached hydrogens (tertiary/aromatic N) is 6. The Hall–Kier alpha value is -9.26. The van der Waals surface area contributed by atoms with Crippen molar-refractivity contribution in [3.05, 3.63) is 218 Å². The van der Waals surface area contributed by atoms with Crippen molar-refractivity contribution in [2.45, 2.75) is 0 Å². The van der Waals surface area contributed by atoms with Crippen molar-refractivity contribution in [2.24, 2.45) is 0 Å². The SMILES string of the molecule is c1ccc(-c2nc3c4ccccc4c4ccccc4c3nc2-n2c3ccccc3c3ccc4c5ccccc5n(-c5nc6c7ccccc7c7ccccc7c6nc5-c5ccccc5)c4c32)cc1. The average molecular weight is 865 g/mol. The van der Waals surface area contributed by atoms with Crippen LogP contribution in [0.4, 0.5) is 0 Å². The van der Waals surface area contributed by atoms with Crippen molar-refractivity contribution in [3.63, 3.8) is 0 Å². The summed E-state index contributed by atoms with van der Waals surface area (Å²) in [4.78, 5) is 23.2. The van der Waals surface area contributed by atoms with Gasteiger partial charge in [-0.2, -0.15) is 0 Å². The molecule has 0 radical (unpaired) electrons. The first-order chi connectivity index (χ1) is 33.8. The summed E-state index contributed by atoms with van der Waals surface area (Å²) in [6.45, 7) is 0. The second-order valence-corrected chi connectivity index (χ2v) is 17.7.